The van der Waals surface area contributed by atoms with Crippen LogP contribution in [0, 0.1) is 47.3 Å². The highest BCUT2D eigenvalue weighted by atomic mass is 15.4. The zero-order valence-corrected chi connectivity index (χ0v) is 63.1. The first-order valence-corrected chi connectivity index (χ1v) is 37.2. The summed E-state index contributed by atoms with van der Waals surface area (Å²) in [7, 11) is 17.8. The number of piperidine rings is 2. The fourth-order valence-electron chi connectivity index (χ4n) is 16.6. The van der Waals surface area contributed by atoms with E-state index in [4.69, 9.17) is 0 Å². The molecule has 518 valence electrons. The zero-order chi connectivity index (χ0) is 65.1. The van der Waals surface area contributed by atoms with Crippen LogP contribution in [0.4, 0.5) is 0 Å². The number of nitrogens with zero attached hydrogens (tertiary/aromatic N) is 14. The quantitative estimate of drug-likeness (QED) is 0.217. The Morgan fingerprint density at radius 3 is 1.22 bits per heavy atom. The van der Waals surface area contributed by atoms with Crippen molar-refractivity contribution in [3.63, 3.8) is 0 Å². The zero-order valence-electron chi connectivity index (χ0n) is 63.1. The fourth-order valence-corrected chi connectivity index (χ4v) is 16.6. The van der Waals surface area contributed by atoms with Gasteiger partial charge in [-0.3, -0.25) is 29.4 Å². The van der Waals surface area contributed by atoms with Crippen LogP contribution in [0.2, 0.25) is 0 Å². The van der Waals surface area contributed by atoms with Crippen molar-refractivity contribution >= 4 is 0 Å². The Hall–Kier alpha value is -0.820. The lowest BCUT2D eigenvalue weighted by molar-refractivity contribution is 0.126. The van der Waals surface area contributed by atoms with Crippen molar-refractivity contribution in [1.29, 1.82) is 0 Å². The van der Waals surface area contributed by atoms with Gasteiger partial charge >= 0.3 is 0 Å². The fraction of sp³-hybridized carbons (Fsp3) is 0.973. The molecule has 0 radical (unpaired) electrons. The molecule has 0 saturated carbocycles. The molecule has 12 aliphatic rings. The third-order valence-corrected chi connectivity index (χ3v) is 23.2. The smallest absolute Gasteiger partial charge is 0.0506 e. The summed E-state index contributed by atoms with van der Waals surface area (Å²) in [6.45, 7) is 67.6. The summed E-state index contributed by atoms with van der Waals surface area (Å²) in [6.07, 6.45) is 12.2. The van der Waals surface area contributed by atoms with Crippen LogP contribution < -0.4 is 0 Å². The predicted octanol–water partition coefficient (Wildman–Crippen LogP) is 9.50. The number of rotatable bonds is 8. The van der Waals surface area contributed by atoms with Crippen LogP contribution in [-0.4, -0.2) is 337 Å². The van der Waals surface area contributed by atoms with Crippen LogP contribution >= 0.6 is 0 Å². The third-order valence-electron chi connectivity index (χ3n) is 23.2. The van der Waals surface area contributed by atoms with Crippen LogP contribution in [0.5, 0.6) is 0 Å². The summed E-state index contributed by atoms with van der Waals surface area (Å²) in [6, 6.07) is 7.01. The molecule has 9 unspecified atom stereocenters. The molecule has 0 aliphatic carbocycles. The number of hydrogen-bond donors (Lipinski definition) is 0. The normalized spacial score (nSPS) is 32.0. The van der Waals surface area contributed by atoms with Crippen LogP contribution in [0.1, 0.15) is 156 Å². The second kappa shape index (κ2) is 38.7. The Bertz CT molecular complexity index is 1870. The highest BCUT2D eigenvalue weighted by molar-refractivity contribution is 5.10. The van der Waals surface area contributed by atoms with Gasteiger partial charge in [-0.2, -0.15) is 0 Å². The van der Waals surface area contributed by atoms with E-state index in [-0.39, 0.29) is 0 Å². The molecule has 0 bridgehead atoms. The first-order valence-electron chi connectivity index (χ1n) is 37.2. The van der Waals surface area contributed by atoms with Gasteiger partial charge in [-0.1, -0.05) is 39.3 Å². The van der Waals surface area contributed by atoms with Gasteiger partial charge in [-0.15, -0.1) is 0 Å². The predicted molar refractivity (Wildman–Crippen MR) is 383 cm³/mol. The number of likely N-dealkylation sites (N-methyl/N-ethyl adjacent to an activating group) is 6. The molecule has 12 rings (SSSR count). The molecule has 0 spiro atoms. The maximum Gasteiger partial charge on any atom is 0.0506 e. The van der Waals surface area contributed by atoms with E-state index in [1.54, 1.807) is 5.57 Å². The molecule has 12 heterocycles. The Kier molecular flexibility index (Phi) is 34.2. The SMILES string of the molecule is CC(C)C1=CCCN(C)C1.CC(C)C1CCCN(C)C1.CC(C)N1CC2CCCN(C)C2C1.CC(C)N1CC2CCN(C)C2C1.CC(C)N1CC2CN(C)CC2C1.CC(C)N1CCC2CN(C)CC21.CC(C)N1CCN(C)C1.CC(C)N1CCN(C)CC1. The molecule has 12 aliphatic heterocycles. The summed E-state index contributed by atoms with van der Waals surface area (Å²) < 4.78 is 0. The molecule has 88 heavy (non-hydrogen) atoms. The summed E-state index contributed by atoms with van der Waals surface area (Å²) in [5.41, 5.74) is 1.61. The Labute approximate surface area is 548 Å². The van der Waals surface area contributed by atoms with Crippen molar-refractivity contribution in [3.8, 4) is 0 Å². The molecule has 11 fully saturated rings. The van der Waals surface area contributed by atoms with E-state index in [0.29, 0.717) is 0 Å². The van der Waals surface area contributed by atoms with Gasteiger partial charge in [0.1, 0.15) is 0 Å². The van der Waals surface area contributed by atoms with E-state index in [2.05, 4.69) is 242 Å². The number of fused-ring (bicyclic) bond motifs is 4. The van der Waals surface area contributed by atoms with Gasteiger partial charge in [0.15, 0.2) is 0 Å². The first kappa shape index (κ1) is 77.9. The minimum Gasteiger partial charge on any atom is -0.306 e. The van der Waals surface area contributed by atoms with Gasteiger partial charge in [0.2, 0.25) is 0 Å². The molecule has 0 N–H and O–H groups in total. The van der Waals surface area contributed by atoms with Crippen molar-refractivity contribution in [2.45, 2.75) is 210 Å². The van der Waals surface area contributed by atoms with Crippen LogP contribution in [-0.2, 0) is 0 Å². The molecular weight excluding hydrogens is 1080 g/mol. The minimum absolute atomic E-state index is 0.718. The van der Waals surface area contributed by atoms with E-state index in [1.807, 2.05) is 0 Å². The lowest BCUT2D eigenvalue weighted by atomic mass is 9.88. The van der Waals surface area contributed by atoms with Crippen LogP contribution in [0.3, 0.4) is 0 Å². The average Bonchev–Trinajstić information content (AvgIpc) is 3.19. The van der Waals surface area contributed by atoms with E-state index >= 15 is 0 Å². The lowest BCUT2D eigenvalue weighted by Gasteiger charge is -2.34. The summed E-state index contributed by atoms with van der Waals surface area (Å²) in [4.78, 5) is 35.2. The summed E-state index contributed by atoms with van der Waals surface area (Å²) in [5, 5.41) is 0. The largest absolute Gasteiger partial charge is 0.306 e. The van der Waals surface area contributed by atoms with Gasteiger partial charge in [0, 0.05) is 179 Å². The van der Waals surface area contributed by atoms with Crippen molar-refractivity contribution in [3.05, 3.63) is 11.6 Å². The number of likely N-dealkylation sites (tertiary alicyclic amines) is 9. The molecule has 9 atom stereocenters. The maximum absolute atomic E-state index is 2.67. The second-order valence-electron chi connectivity index (χ2n) is 33.0. The molecule has 14 nitrogen and oxygen atoms in total. The van der Waals surface area contributed by atoms with E-state index < -0.39 is 0 Å². The Morgan fingerprint density at radius 1 is 0.318 bits per heavy atom. The lowest BCUT2D eigenvalue weighted by Crippen LogP contribution is -2.47. The molecule has 0 amide bonds. The molecule has 0 aromatic rings. The Balaban J connectivity index is 0.000000184. The molecular formula is C74H152N14. The molecule has 0 aromatic carbocycles. The van der Waals surface area contributed by atoms with Gasteiger partial charge in [-0.05, 0) is 258 Å². The highest BCUT2D eigenvalue weighted by Gasteiger charge is 2.43. The van der Waals surface area contributed by atoms with Gasteiger partial charge < -0.3 is 39.2 Å². The van der Waals surface area contributed by atoms with Gasteiger partial charge in [0.05, 0.1) is 6.67 Å². The summed E-state index contributed by atoms with van der Waals surface area (Å²) >= 11 is 0. The first-order chi connectivity index (χ1) is 41.5. The minimum atomic E-state index is 0.718. The average molecular weight is 1240 g/mol. The second-order valence-corrected chi connectivity index (χ2v) is 33.0. The van der Waals surface area contributed by atoms with Gasteiger partial charge in [0.25, 0.3) is 0 Å². The molecule has 0 aromatic heterocycles. The van der Waals surface area contributed by atoms with E-state index in [1.165, 1.54) is 195 Å². The number of hydrogen-bond acceptors (Lipinski definition) is 14. The standard InChI is InChI=1S/C11H22N2.3C10H20N2.C9H19N.C9H17N.C8H18N2.C7H16N2/c1-9(2)13-7-10-5-4-6-12(3)11(10)8-13;1-8(2)12-6-9-4-11(3)5-10(9)7-12;1-8(2)12-5-4-9-6-11(3)7-10(9)12;1-8(2)12-6-9-4-5-11(3)10(9)7-12;2*1-8(2)9-5-4-6-10(3)7-9;1-8(2)10-6-4-9(3)5-7-10;1-7(2)9-5-4-8(3)6-9/h9-11H,4-8H2,1-3H3;3*8-10H,4-7H2,1-3H3;8-9H,4-7H2,1-3H3;5,8H,4,6-7H2,1-3H3;8H,4-7H2,1-3H3;7H,4-6H2,1-3H3. The maximum atomic E-state index is 2.67. The van der Waals surface area contributed by atoms with Crippen molar-refractivity contribution in [1.82, 2.24) is 68.6 Å². The van der Waals surface area contributed by atoms with Crippen molar-refractivity contribution < 1.29 is 0 Å². The van der Waals surface area contributed by atoms with Crippen molar-refractivity contribution in [2.24, 2.45) is 47.3 Å². The van der Waals surface area contributed by atoms with Crippen molar-refractivity contribution in [2.75, 3.05) is 214 Å². The van der Waals surface area contributed by atoms with E-state index in [9.17, 15) is 0 Å². The highest BCUT2D eigenvalue weighted by Crippen LogP contribution is 2.34. The monoisotopic (exact) mass is 1240 g/mol. The molecule has 14 heteroatoms. The summed E-state index contributed by atoms with van der Waals surface area (Å²) in [5.74, 6) is 7.41. The Morgan fingerprint density at radius 2 is 0.773 bits per heavy atom. The van der Waals surface area contributed by atoms with Crippen LogP contribution in [0.25, 0.3) is 0 Å². The van der Waals surface area contributed by atoms with E-state index in [0.717, 1.165) is 108 Å². The van der Waals surface area contributed by atoms with Gasteiger partial charge in [-0.25, -0.2) is 0 Å². The third kappa shape index (κ3) is 25.4. The number of piperazine rings is 1. The molecule has 11 saturated heterocycles. The van der Waals surface area contributed by atoms with Crippen LogP contribution in [0.15, 0.2) is 11.6 Å². The topological polar surface area (TPSA) is 45.4 Å².